The van der Waals surface area contributed by atoms with Crippen LogP contribution in [0.15, 0.2) is 172 Å². The van der Waals surface area contributed by atoms with Crippen LogP contribution >= 0.6 is 0 Å². The van der Waals surface area contributed by atoms with Crippen molar-refractivity contribution < 1.29 is 31.6 Å². The summed E-state index contributed by atoms with van der Waals surface area (Å²) >= 11 is 0. The molecule has 0 bridgehead atoms. The number of anilines is 1. The molecular weight excluding hydrogens is 731 g/mol. The Morgan fingerprint density at radius 1 is 0.714 bits per heavy atom. The first-order valence-electron chi connectivity index (χ1n) is 16.3. The van der Waals surface area contributed by atoms with Gasteiger partial charge in [0.2, 0.25) is 12.7 Å². The van der Waals surface area contributed by atoms with Crippen LogP contribution in [-0.2, 0) is 14.6 Å². The number of carbonyl (C=O) groups is 3. The van der Waals surface area contributed by atoms with Crippen molar-refractivity contribution in [3.05, 3.63) is 187 Å². The van der Waals surface area contributed by atoms with Gasteiger partial charge < -0.3 is 13.7 Å². The minimum Gasteiger partial charge on any atom is -0.444 e. The predicted octanol–water partition coefficient (Wildman–Crippen LogP) is 8.95. The van der Waals surface area contributed by atoms with Crippen LogP contribution in [-0.4, -0.2) is 55.3 Å². The second kappa shape index (κ2) is 24.9. The number of hydrogen-bond donors (Lipinski definition) is 0. The van der Waals surface area contributed by atoms with Crippen LogP contribution in [0.5, 0.6) is 0 Å². The molecule has 0 saturated heterocycles. The summed E-state index contributed by atoms with van der Waals surface area (Å²) in [6, 6.07) is 40.4. The average molecular weight is 772 g/mol. The maximum Gasteiger partial charge on any atom is 0.316 e. The summed E-state index contributed by atoms with van der Waals surface area (Å²) in [6.07, 6.45) is 8.47. The second-order valence-electron chi connectivity index (χ2n) is 10.9. The lowest BCUT2D eigenvalue weighted by molar-refractivity contribution is -0.107. The van der Waals surface area contributed by atoms with Crippen LogP contribution < -0.4 is 4.90 Å². The smallest absolute Gasteiger partial charge is 0.316 e. The quantitative estimate of drug-likeness (QED) is 0.108. The van der Waals surface area contributed by atoms with E-state index < -0.39 is 15.7 Å². The monoisotopic (exact) mass is 771 g/mol. The van der Waals surface area contributed by atoms with E-state index in [1.165, 1.54) is 23.4 Å². The number of carbonyl (C=O) groups excluding carboxylic acids is 3. The van der Waals surface area contributed by atoms with E-state index >= 15 is 0 Å². The average Bonchev–Trinajstić information content (AvgIpc) is 3.97. The Labute approximate surface area is 326 Å². The number of pyridine rings is 1. The Balaban J connectivity index is 0.000000243. The van der Waals surface area contributed by atoms with Crippen LogP contribution in [0.25, 0.3) is 27.5 Å². The van der Waals surface area contributed by atoms with Gasteiger partial charge in [-0.25, -0.2) is 29.9 Å². The molecule has 7 aromatic rings. The number of benzene rings is 4. The van der Waals surface area contributed by atoms with Crippen LogP contribution in [0, 0.1) is 13.5 Å². The molecule has 0 saturated carbocycles. The molecule has 7 rings (SSSR count). The van der Waals surface area contributed by atoms with Crippen molar-refractivity contribution in [3.63, 3.8) is 0 Å². The van der Waals surface area contributed by atoms with Gasteiger partial charge in [0.15, 0.2) is 17.9 Å². The predicted molar refractivity (Wildman–Crippen MR) is 216 cm³/mol. The van der Waals surface area contributed by atoms with Gasteiger partial charge in [0.05, 0.1) is 17.3 Å². The molecule has 0 aliphatic heterocycles. The summed E-state index contributed by atoms with van der Waals surface area (Å²) in [6.45, 7) is 8.38. The van der Waals surface area contributed by atoms with E-state index in [0.717, 1.165) is 40.7 Å². The number of hydrogen-bond acceptors (Lipinski definition) is 10. The Morgan fingerprint density at radius 2 is 1.29 bits per heavy atom. The van der Waals surface area contributed by atoms with Gasteiger partial charge in [0, 0.05) is 29.9 Å². The fourth-order valence-corrected chi connectivity index (χ4v) is 4.96. The fourth-order valence-electron chi connectivity index (χ4n) is 4.09. The van der Waals surface area contributed by atoms with E-state index in [4.69, 9.17) is 15.4 Å². The van der Waals surface area contributed by atoms with Gasteiger partial charge in [-0.1, -0.05) is 122 Å². The minimum atomic E-state index is -3.38. The molecule has 4 aromatic carbocycles. The van der Waals surface area contributed by atoms with Crippen molar-refractivity contribution in [2.45, 2.75) is 19.2 Å². The Morgan fingerprint density at radius 3 is 1.73 bits per heavy atom. The largest absolute Gasteiger partial charge is 0.444 e. The molecule has 0 aliphatic rings. The van der Waals surface area contributed by atoms with Gasteiger partial charge in [0.1, 0.15) is 12.1 Å². The van der Waals surface area contributed by atoms with Crippen molar-refractivity contribution in [2.24, 2.45) is 0 Å². The van der Waals surface area contributed by atoms with Gasteiger partial charge >= 0.3 is 5.88 Å². The second-order valence-corrected chi connectivity index (χ2v) is 12.9. The number of amides is 1. The maximum atomic E-state index is 11.3. The molecule has 3 heterocycles. The zero-order chi connectivity index (χ0) is 39.7. The van der Waals surface area contributed by atoms with Crippen LogP contribution in [0.3, 0.4) is 0 Å². The van der Waals surface area contributed by atoms with Crippen molar-refractivity contribution in [2.75, 3.05) is 17.8 Å². The highest BCUT2D eigenvalue weighted by molar-refractivity contribution is 7.91. The molecule has 0 atom stereocenters. The molecule has 0 aliphatic carbocycles. The van der Waals surface area contributed by atoms with Gasteiger partial charge in [-0.2, -0.15) is 0 Å². The van der Waals surface area contributed by atoms with Crippen LogP contribution in [0.1, 0.15) is 34.0 Å². The first-order chi connectivity index (χ1) is 26.7. The molecule has 0 unspecified atom stereocenters. The lowest BCUT2D eigenvalue weighted by Crippen LogP contribution is -2.14. The van der Waals surface area contributed by atoms with Crippen molar-refractivity contribution in [3.8, 4) is 22.6 Å². The van der Waals surface area contributed by atoms with E-state index in [1.54, 1.807) is 56.0 Å². The Bertz CT molecular complexity index is 2280. The Kier molecular flexibility index (Phi) is 19.9. The lowest BCUT2D eigenvalue weighted by Gasteiger charge is -2.06. The van der Waals surface area contributed by atoms with Gasteiger partial charge in [-0.05, 0) is 31.2 Å². The molecule has 1 amide bonds. The highest BCUT2D eigenvalue weighted by Crippen LogP contribution is 2.19. The molecular formula is C43H41N5O7S. The lowest BCUT2D eigenvalue weighted by atomic mass is 10.2. The fraction of sp³-hybridized carbons (Fsp3) is 0.0930. The minimum absolute atomic E-state index is 0. The third kappa shape index (κ3) is 15.7. The highest BCUT2D eigenvalue weighted by Gasteiger charge is 2.16. The molecule has 286 valence electrons. The zero-order valence-electron chi connectivity index (χ0n) is 30.0. The Hall–Kier alpha value is -7.30. The van der Waals surface area contributed by atoms with Crippen LogP contribution in [0.2, 0.25) is 0 Å². The summed E-state index contributed by atoms with van der Waals surface area (Å²) < 4.78 is 32.9. The van der Waals surface area contributed by atoms with E-state index in [0.29, 0.717) is 17.9 Å². The summed E-state index contributed by atoms with van der Waals surface area (Å²) in [5, 5.41) is 0. The van der Waals surface area contributed by atoms with Gasteiger partial charge in [-0.3, -0.25) is 19.2 Å². The van der Waals surface area contributed by atoms with E-state index in [9.17, 15) is 22.8 Å². The third-order valence-electron chi connectivity index (χ3n) is 6.89. The number of rotatable bonds is 8. The van der Waals surface area contributed by atoms with Crippen molar-refractivity contribution >= 4 is 34.6 Å². The maximum absolute atomic E-state index is 11.3. The standard InChI is InChI=1S/C10H7NO2.C9H9NO2S.C9H7NO.C7H8N2O.C7H6O.CH4/c12-7-10-11-6-9(13-10)8-4-2-1-3-5-8;1-8-3-5-9(6-4-8)13(11,12)7-10-2;1-2-4-8(5-3-1)9-6-10-7-11-9;1-9(6-10)7-4-2-3-5-8-7;8-6-7-4-2-1-3-5-7;/h1-7H;3-6H,7H2,1H3;1-7H;2-6H,1H3;1-6H;1H4. The number of aryl methyl sites for hydroxylation is 1. The van der Waals surface area contributed by atoms with Crippen molar-refractivity contribution in [1.29, 1.82) is 0 Å². The molecule has 13 heteroatoms. The first-order valence-corrected chi connectivity index (χ1v) is 18.0. The molecule has 3 aromatic heterocycles. The highest BCUT2D eigenvalue weighted by atomic mass is 32.2. The zero-order valence-corrected chi connectivity index (χ0v) is 30.8. The van der Waals surface area contributed by atoms with Gasteiger partial charge in [-0.15, -0.1) is 0 Å². The van der Waals surface area contributed by atoms with Crippen LogP contribution in [0.4, 0.5) is 5.82 Å². The molecule has 56 heavy (non-hydrogen) atoms. The van der Waals surface area contributed by atoms with E-state index in [2.05, 4.69) is 19.8 Å². The molecule has 12 nitrogen and oxygen atoms in total. The third-order valence-corrected chi connectivity index (χ3v) is 8.35. The van der Waals surface area contributed by atoms with E-state index in [-0.39, 0.29) is 18.2 Å². The number of aromatic nitrogens is 3. The summed E-state index contributed by atoms with van der Waals surface area (Å²) in [5.41, 5.74) is 3.71. The first kappa shape index (κ1) is 44.9. The molecule has 0 fully saturated rings. The summed E-state index contributed by atoms with van der Waals surface area (Å²) in [7, 11) is -1.72. The molecule has 0 spiro atoms. The normalized spacial score (nSPS) is 9.52. The number of nitrogens with zero attached hydrogens (tertiary/aromatic N) is 5. The number of aldehydes is 2. The van der Waals surface area contributed by atoms with Crippen molar-refractivity contribution in [1.82, 2.24) is 15.0 Å². The molecule has 0 radical (unpaired) electrons. The number of sulfone groups is 1. The summed E-state index contributed by atoms with van der Waals surface area (Å²) in [5.74, 6) is 1.72. The summed E-state index contributed by atoms with van der Waals surface area (Å²) in [4.78, 5) is 46.5. The number of oxazole rings is 2. The molecule has 0 N–H and O–H groups in total. The van der Waals surface area contributed by atoms with Gasteiger partial charge in [0.25, 0.3) is 15.7 Å². The SMILES string of the molecule is C.CN(C=O)c1ccccn1.O=Cc1ccccc1.O=Cc1ncc(-c2ccccc2)o1.[C-]#[N+]CS(=O)(=O)c1ccc(C)cc1.c1ccc(-c2cnco2)cc1. The topological polar surface area (TPSA) is 158 Å². The van der Waals surface area contributed by atoms with E-state index in [1.807, 2.05) is 97.9 Å².